The summed E-state index contributed by atoms with van der Waals surface area (Å²) < 4.78 is 0. The third-order valence-electron chi connectivity index (χ3n) is 6.27. The largest absolute Gasteiger partial charge is 0.338 e. The number of aryl methyl sites for hydroxylation is 2. The van der Waals surface area contributed by atoms with Gasteiger partial charge in [0.25, 0.3) is 5.91 Å². The van der Waals surface area contributed by atoms with Gasteiger partial charge in [-0.05, 0) is 48.7 Å². The zero-order valence-electron chi connectivity index (χ0n) is 16.5. The third kappa shape index (κ3) is 3.20. The maximum absolute atomic E-state index is 13.1. The Bertz CT molecular complexity index is 942. The van der Waals surface area contributed by atoms with Gasteiger partial charge in [0.2, 0.25) is 5.91 Å². The molecule has 2 heterocycles. The first-order valence-corrected chi connectivity index (χ1v) is 10.1. The van der Waals surface area contributed by atoms with Crippen LogP contribution in [0.3, 0.4) is 0 Å². The molecular formula is C23H25ClN2O2. The van der Waals surface area contributed by atoms with Crippen molar-refractivity contribution < 1.29 is 9.59 Å². The zero-order chi connectivity index (χ0) is 20.0. The summed E-state index contributed by atoms with van der Waals surface area (Å²) in [5, 5.41) is 0.673. The summed E-state index contributed by atoms with van der Waals surface area (Å²) in [6.45, 7) is 7.73. The van der Waals surface area contributed by atoms with Gasteiger partial charge in [-0.1, -0.05) is 35.9 Å². The Morgan fingerprint density at radius 1 is 1.00 bits per heavy atom. The van der Waals surface area contributed by atoms with Gasteiger partial charge in [0.15, 0.2) is 0 Å². The predicted molar refractivity (Wildman–Crippen MR) is 110 cm³/mol. The molecule has 2 aromatic rings. The van der Waals surface area contributed by atoms with Crippen LogP contribution in [-0.2, 0) is 4.79 Å². The highest BCUT2D eigenvalue weighted by molar-refractivity contribution is 6.31. The lowest BCUT2D eigenvalue weighted by Gasteiger charge is -2.30. The second-order valence-electron chi connectivity index (χ2n) is 8.07. The van der Waals surface area contributed by atoms with Crippen molar-refractivity contribution in [2.45, 2.75) is 26.8 Å². The van der Waals surface area contributed by atoms with Crippen LogP contribution in [-0.4, -0.2) is 41.2 Å². The third-order valence-corrected chi connectivity index (χ3v) is 6.69. The molecule has 0 radical (unpaired) electrons. The number of nitrogens with zero attached hydrogens (tertiary/aromatic N) is 2. The molecule has 0 aromatic heterocycles. The van der Waals surface area contributed by atoms with Crippen molar-refractivity contribution in [3.63, 3.8) is 0 Å². The summed E-state index contributed by atoms with van der Waals surface area (Å²) in [7, 11) is 0. The average molecular weight is 397 g/mol. The summed E-state index contributed by atoms with van der Waals surface area (Å²) in [4.78, 5) is 29.3. The van der Waals surface area contributed by atoms with E-state index in [-0.39, 0.29) is 23.8 Å². The zero-order valence-corrected chi connectivity index (χ0v) is 17.2. The molecule has 0 unspecified atom stereocenters. The molecule has 2 fully saturated rings. The predicted octanol–water partition coefficient (Wildman–Crippen LogP) is 4.25. The average Bonchev–Trinajstić information content (AvgIpc) is 3.22. The molecule has 5 heteroatoms. The molecule has 2 aromatic carbocycles. The van der Waals surface area contributed by atoms with Crippen LogP contribution >= 0.6 is 11.6 Å². The van der Waals surface area contributed by atoms with E-state index in [0.29, 0.717) is 36.1 Å². The SMILES string of the molecule is CC(=O)N1C[C@H]2CN(C(=O)c3ccc(Cl)c(C)c3)C[C@H]2[C@H]1c1ccccc1C. The molecular weight excluding hydrogens is 372 g/mol. The molecule has 4 rings (SSSR count). The molecule has 2 aliphatic heterocycles. The van der Waals surface area contributed by atoms with Gasteiger partial charge in [0.1, 0.15) is 0 Å². The number of halogens is 1. The second-order valence-corrected chi connectivity index (χ2v) is 8.48. The van der Waals surface area contributed by atoms with Crippen molar-refractivity contribution >= 4 is 23.4 Å². The van der Waals surface area contributed by atoms with E-state index < -0.39 is 0 Å². The molecule has 3 atom stereocenters. The maximum atomic E-state index is 13.1. The van der Waals surface area contributed by atoms with Crippen LogP contribution in [0.15, 0.2) is 42.5 Å². The maximum Gasteiger partial charge on any atom is 0.253 e. The van der Waals surface area contributed by atoms with Crippen LogP contribution in [0.4, 0.5) is 0 Å². The number of benzene rings is 2. The molecule has 0 bridgehead atoms. The minimum atomic E-state index is 0.0356. The van der Waals surface area contributed by atoms with Gasteiger partial charge < -0.3 is 9.80 Å². The first kappa shape index (κ1) is 19.0. The molecule has 2 saturated heterocycles. The van der Waals surface area contributed by atoms with E-state index >= 15 is 0 Å². The van der Waals surface area contributed by atoms with Gasteiger partial charge in [0.05, 0.1) is 6.04 Å². The van der Waals surface area contributed by atoms with Gasteiger partial charge in [-0.25, -0.2) is 0 Å². The highest BCUT2D eigenvalue weighted by Crippen LogP contribution is 2.46. The monoisotopic (exact) mass is 396 g/mol. The summed E-state index contributed by atoms with van der Waals surface area (Å²) in [5.41, 5.74) is 3.98. The Morgan fingerprint density at radius 2 is 1.75 bits per heavy atom. The Kier molecular flexibility index (Phi) is 4.92. The van der Waals surface area contributed by atoms with E-state index in [1.54, 1.807) is 19.1 Å². The van der Waals surface area contributed by atoms with Crippen LogP contribution < -0.4 is 0 Å². The van der Waals surface area contributed by atoms with Crippen LogP contribution in [0, 0.1) is 25.7 Å². The van der Waals surface area contributed by atoms with Crippen molar-refractivity contribution in [3.8, 4) is 0 Å². The van der Waals surface area contributed by atoms with E-state index in [0.717, 1.165) is 5.56 Å². The Morgan fingerprint density at radius 3 is 2.43 bits per heavy atom. The minimum Gasteiger partial charge on any atom is -0.338 e. The number of hydrogen-bond donors (Lipinski definition) is 0. The quantitative estimate of drug-likeness (QED) is 0.761. The van der Waals surface area contributed by atoms with Gasteiger partial charge >= 0.3 is 0 Å². The summed E-state index contributed by atoms with van der Waals surface area (Å²) in [6.07, 6.45) is 0. The lowest BCUT2D eigenvalue weighted by atomic mass is 9.87. The van der Waals surface area contributed by atoms with E-state index in [2.05, 4.69) is 19.1 Å². The lowest BCUT2D eigenvalue weighted by Crippen LogP contribution is -2.36. The van der Waals surface area contributed by atoms with Crippen molar-refractivity contribution in [3.05, 3.63) is 69.7 Å². The minimum absolute atomic E-state index is 0.0356. The van der Waals surface area contributed by atoms with Crippen molar-refractivity contribution in [2.24, 2.45) is 11.8 Å². The standard InChI is InChI=1S/C23H25ClN2O2/c1-14-6-4-5-7-19(14)22-20-13-25(11-18(20)12-26(22)16(3)27)23(28)17-8-9-21(24)15(2)10-17/h4-10,18,20,22H,11-13H2,1-3H3/t18-,20-,22-/m1/s1. The molecule has 2 amide bonds. The van der Waals surface area contributed by atoms with Crippen LogP contribution in [0.5, 0.6) is 0 Å². The van der Waals surface area contributed by atoms with Gasteiger partial charge in [0, 0.05) is 49.0 Å². The molecule has 4 nitrogen and oxygen atoms in total. The van der Waals surface area contributed by atoms with Crippen molar-refractivity contribution in [1.82, 2.24) is 9.80 Å². The highest BCUT2D eigenvalue weighted by Gasteiger charge is 2.49. The second kappa shape index (κ2) is 7.25. The fourth-order valence-electron chi connectivity index (χ4n) is 4.81. The molecule has 0 N–H and O–H groups in total. The van der Waals surface area contributed by atoms with E-state index in [4.69, 9.17) is 11.6 Å². The Labute approximate surface area is 171 Å². The van der Waals surface area contributed by atoms with Crippen LogP contribution in [0.1, 0.15) is 40.0 Å². The van der Waals surface area contributed by atoms with Gasteiger partial charge in [-0.2, -0.15) is 0 Å². The molecule has 2 aliphatic rings. The van der Waals surface area contributed by atoms with Gasteiger partial charge in [-0.15, -0.1) is 0 Å². The topological polar surface area (TPSA) is 40.6 Å². The first-order valence-electron chi connectivity index (χ1n) is 9.75. The molecule has 0 saturated carbocycles. The fraction of sp³-hybridized carbons (Fsp3) is 0.391. The lowest BCUT2D eigenvalue weighted by molar-refractivity contribution is -0.130. The van der Waals surface area contributed by atoms with E-state index in [1.807, 2.05) is 34.9 Å². The van der Waals surface area contributed by atoms with Crippen molar-refractivity contribution in [2.75, 3.05) is 19.6 Å². The smallest absolute Gasteiger partial charge is 0.253 e. The Balaban J connectivity index is 1.61. The molecule has 146 valence electrons. The number of amides is 2. The molecule has 28 heavy (non-hydrogen) atoms. The number of likely N-dealkylation sites (tertiary alicyclic amines) is 2. The molecule has 0 aliphatic carbocycles. The van der Waals surface area contributed by atoms with Gasteiger partial charge in [-0.3, -0.25) is 9.59 Å². The van der Waals surface area contributed by atoms with E-state index in [1.165, 1.54) is 11.1 Å². The number of hydrogen-bond acceptors (Lipinski definition) is 2. The van der Waals surface area contributed by atoms with E-state index in [9.17, 15) is 9.59 Å². The summed E-state index contributed by atoms with van der Waals surface area (Å²) in [6, 6.07) is 13.7. The first-order chi connectivity index (χ1) is 13.4. The number of fused-ring (bicyclic) bond motifs is 1. The molecule has 0 spiro atoms. The number of rotatable bonds is 2. The van der Waals surface area contributed by atoms with Crippen molar-refractivity contribution in [1.29, 1.82) is 0 Å². The number of carbonyl (C=O) groups excluding carboxylic acids is 2. The normalized spacial score (nSPS) is 23.8. The fourth-order valence-corrected chi connectivity index (χ4v) is 4.93. The summed E-state index contributed by atoms with van der Waals surface area (Å²) in [5.74, 6) is 0.731. The summed E-state index contributed by atoms with van der Waals surface area (Å²) >= 11 is 6.11. The van der Waals surface area contributed by atoms with Crippen LogP contribution in [0.2, 0.25) is 5.02 Å². The highest BCUT2D eigenvalue weighted by atomic mass is 35.5. The van der Waals surface area contributed by atoms with Crippen LogP contribution in [0.25, 0.3) is 0 Å². The number of carbonyl (C=O) groups is 2. The Hall–Kier alpha value is -2.33.